The number of carbonyl (C=O) groups excluding carboxylic acids is 2. The van der Waals surface area contributed by atoms with E-state index in [-0.39, 0.29) is 11.8 Å². The highest BCUT2D eigenvalue weighted by Gasteiger charge is 2.44. The number of anilines is 2. The third-order valence-electron chi connectivity index (χ3n) is 6.32. The van der Waals surface area contributed by atoms with Crippen LogP contribution in [-0.4, -0.2) is 47.9 Å². The van der Waals surface area contributed by atoms with E-state index in [9.17, 15) is 9.59 Å². The Morgan fingerprint density at radius 1 is 1.11 bits per heavy atom. The quantitative estimate of drug-likeness (QED) is 0.762. The van der Waals surface area contributed by atoms with Gasteiger partial charge in [0.05, 0.1) is 11.4 Å². The summed E-state index contributed by atoms with van der Waals surface area (Å²) >= 11 is 0. The van der Waals surface area contributed by atoms with Gasteiger partial charge in [-0.15, -0.1) is 0 Å². The fraction of sp³-hybridized carbons (Fsp3) is 0.619. The Labute approximate surface area is 161 Å². The monoisotopic (exact) mass is 370 g/mol. The fourth-order valence-electron chi connectivity index (χ4n) is 4.57. The normalized spacial score (nSPS) is 22.6. The third-order valence-corrected chi connectivity index (χ3v) is 6.32. The molecule has 1 aromatic rings. The first-order valence-electron chi connectivity index (χ1n) is 10.4. The number of piperidine rings is 1. The van der Waals surface area contributed by atoms with Gasteiger partial charge in [-0.3, -0.25) is 9.59 Å². The van der Waals surface area contributed by atoms with Gasteiger partial charge < -0.3 is 20.9 Å². The maximum absolute atomic E-state index is 12.7. The predicted molar refractivity (Wildman–Crippen MR) is 107 cm³/mol. The van der Waals surface area contributed by atoms with Gasteiger partial charge in [0.15, 0.2) is 0 Å². The van der Waals surface area contributed by atoms with Crippen molar-refractivity contribution in [3.63, 3.8) is 0 Å². The van der Waals surface area contributed by atoms with Crippen molar-refractivity contribution in [3.05, 3.63) is 24.3 Å². The zero-order valence-corrected chi connectivity index (χ0v) is 15.9. The van der Waals surface area contributed by atoms with Crippen molar-refractivity contribution in [3.8, 4) is 0 Å². The lowest BCUT2D eigenvalue weighted by Crippen LogP contribution is -2.58. The van der Waals surface area contributed by atoms with E-state index in [1.807, 2.05) is 24.3 Å². The van der Waals surface area contributed by atoms with Crippen LogP contribution in [0.15, 0.2) is 24.3 Å². The number of para-hydroxylation sites is 2. The van der Waals surface area contributed by atoms with Crippen LogP contribution in [0, 0.1) is 0 Å². The Kier molecular flexibility index (Phi) is 5.34. The van der Waals surface area contributed by atoms with E-state index < -0.39 is 5.54 Å². The summed E-state index contributed by atoms with van der Waals surface area (Å²) in [5.41, 5.74) is 1.34. The summed E-state index contributed by atoms with van der Waals surface area (Å²) in [6, 6.07) is 8.23. The maximum atomic E-state index is 12.7. The van der Waals surface area contributed by atoms with Gasteiger partial charge in [0.25, 0.3) is 0 Å². The van der Waals surface area contributed by atoms with Gasteiger partial charge in [-0.05, 0) is 37.8 Å². The molecular weight excluding hydrogens is 340 g/mol. The average molecular weight is 370 g/mol. The minimum Gasteiger partial charge on any atom is -0.369 e. The number of benzene rings is 1. The highest BCUT2D eigenvalue weighted by atomic mass is 16.2. The molecule has 2 aliphatic heterocycles. The van der Waals surface area contributed by atoms with Gasteiger partial charge in [0.2, 0.25) is 11.8 Å². The number of hydrogen-bond donors (Lipinski definition) is 3. The highest BCUT2D eigenvalue weighted by Crippen LogP contribution is 2.36. The molecule has 1 aliphatic carbocycles. The number of likely N-dealkylation sites (tertiary alicyclic amines) is 1. The number of amides is 2. The number of fused-ring (bicyclic) bond motifs is 1. The van der Waals surface area contributed by atoms with Crippen molar-refractivity contribution in [1.29, 1.82) is 0 Å². The molecule has 0 radical (unpaired) electrons. The SMILES string of the molecule is O=C(CCN1CCC2(CC1)Nc1ccccc1NC2=O)NC1CCCCC1. The first-order valence-corrected chi connectivity index (χ1v) is 10.4. The van der Waals surface area contributed by atoms with Crippen molar-refractivity contribution < 1.29 is 9.59 Å². The molecule has 1 spiro atoms. The van der Waals surface area contributed by atoms with E-state index in [1.54, 1.807) is 0 Å². The fourth-order valence-corrected chi connectivity index (χ4v) is 4.57. The second kappa shape index (κ2) is 7.89. The molecule has 4 rings (SSSR count). The summed E-state index contributed by atoms with van der Waals surface area (Å²) < 4.78 is 0. The van der Waals surface area contributed by atoms with Crippen LogP contribution in [0.3, 0.4) is 0 Å². The molecule has 0 bridgehead atoms. The summed E-state index contributed by atoms with van der Waals surface area (Å²) in [7, 11) is 0. The van der Waals surface area contributed by atoms with Gasteiger partial charge >= 0.3 is 0 Å². The largest absolute Gasteiger partial charge is 0.369 e. The molecule has 2 heterocycles. The molecular formula is C21H30N4O2. The van der Waals surface area contributed by atoms with Gasteiger partial charge in [-0.1, -0.05) is 31.4 Å². The first-order chi connectivity index (χ1) is 13.1. The van der Waals surface area contributed by atoms with Gasteiger partial charge in [0.1, 0.15) is 5.54 Å². The molecule has 0 atom stereocenters. The standard InChI is InChI=1S/C21H30N4O2/c26-19(22-16-6-2-1-3-7-16)10-13-25-14-11-21(12-15-25)20(27)23-17-8-4-5-9-18(17)24-21/h4-5,8-9,16,24H,1-3,6-7,10-15H2,(H,22,26)(H,23,27). The van der Waals surface area contributed by atoms with E-state index in [1.165, 1.54) is 19.3 Å². The van der Waals surface area contributed by atoms with Crippen LogP contribution in [0.25, 0.3) is 0 Å². The molecule has 1 aromatic carbocycles. The Morgan fingerprint density at radius 3 is 2.56 bits per heavy atom. The molecule has 6 heteroatoms. The molecule has 1 saturated heterocycles. The zero-order valence-electron chi connectivity index (χ0n) is 15.9. The first kappa shape index (κ1) is 18.3. The Morgan fingerprint density at radius 2 is 1.81 bits per heavy atom. The summed E-state index contributed by atoms with van der Waals surface area (Å²) in [4.78, 5) is 27.2. The number of nitrogens with zero attached hydrogens (tertiary/aromatic N) is 1. The number of nitrogens with one attached hydrogen (secondary N) is 3. The summed E-state index contributed by atoms with van der Waals surface area (Å²) in [5, 5.41) is 9.72. The minimum absolute atomic E-state index is 0.0656. The molecule has 2 fully saturated rings. The van der Waals surface area contributed by atoms with E-state index in [0.29, 0.717) is 12.5 Å². The third kappa shape index (κ3) is 4.10. The molecule has 1 saturated carbocycles. The Hall–Kier alpha value is -2.08. The lowest BCUT2D eigenvalue weighted by molar-refractivity contribution is -0.124. The summed E-state index contributed by atoms with van der Waals surface area (Å²) in [5.74, 6) is 0.237. The average Bonchev–Trinajstić information content (AvgIpc) is 2.69. The lowest BCUT2D eigenvalue weighted by Gasteiger charge is -2.44. The van der Waals surface area contributed by atoms with E-state index in [0.717, 1.165) is 56.7 Å². The molecule has 27 heavy (non-hydrogen) atoms. The van der Waals surface area contributed by atoms with Gasteiger partial charge in [-0.25, -0.2) is 0 Å². The van der Waals surface area contributed by atoms with Crippen molar-refractivity contribution in [2.24, 2.45) is 0 Å². The van der Waals surface area contributed by atoms with E-state index in [4.69, 9.17) is 0 Å². The summed E-state index contributed by atoms with van der Waals surface area (Å²) in [6.45, 7) is 2.44. The van der Waals surface area contributed by atoms with Crippen LogP contribution in [-0.2, 0) is 9.59 Å². The zero-order chi connectivity index (χ0) is 18.7. The lowest BCUT2D eigenvalue weighted by atomic mass is 9.84. The minimum atomic E-state index is -0.519. The van der Waals surface area contributed by atoms with E-state index >= 15 is 0 Å². The van der Waals surface area contributed by atoms with Crippen LogP contribution < -0.4 is 16.0 Å². The van der Waals surface area contributed by atoms with Crippen molar-refractivity contribution >= 4 is 23.2 Å². The van der Waals surface area contributed by atoms with Crippen LogP contribution in [0.5, 0.6) is 0 Å². The number of hydrogen-bond acceptors (Lipinski definition) is 4. The van der Waals surface area contributed by atoms with Gasteiger partial charge in [-0.2, -0.15) is 0 Å². The number of carbonyl (C=O) groups is 2. The highest BCUT2D eigenvalue weighted by molar-refractivity contribution is 6.06. The molecule has 146 valence electrons. The second-order valence-electron chi connectivity index (χ2n) is 8.20. The second-order valence-corrected chi connectivity index (χ2v) is 8.20. The van der Waals surface area contributed by atoms with Gasteiger partial charge in [0, 0.05) is 32.1 Å². The Bertz CT molecular complexity index is 691. The van der Waals surface area contributed by atoms with Crippen molar-refractivity contribution in [2.45, 2.75) is 62.9 Å². The molecule has 3 aliphatic rings. The van der Waals surface area contributed by atoms with Crippen molar-refractivity contribution in [1.82, 2.24) is 10.2 Å². The Balaban J connectivity index is 1.25. The molecule has 0 aromatic heterocycles. The maximum Gasteiger partial charge on any atom is 0.250 e. The number of rotatable bonds is 4. The molecule has 2 amide bonds. The molecule has 3 N–H and O–H groups in total. The van der Waals surface area contributed by atoms with Crippen LogP contribution in [0.1, 0.15) is 51.4 Å². The predicted octanol–water partition coefficient (Wildman–Crippen LogP) is 2.72. The molecule has 6 nitrogen and oxygen atoms in total. The molecule has 0 unspecified atom stereocenters. The smallest absolute Gasteiger partial charge is 0.250 e. The van der Waals surface area contributed by atoms with Crippen LogP contribution in [0.4, 0.5) is 11.4 Å². The van der Waals surface area contributed by atoms with Crippen LogP contribution in [0.2, 0.25) is 0 Å². The van der Waals surface area contributed by atoms with E-state index in [2.05, 4.69) is 20.9 Å². The van der Waals surface area contributed by atoms with Crippen LogP contribution >= 0.6 is 0 Å². The summed E-state index contributed by atoms with van der Waals surface area (Å²) in [6.07, 6.45) is 8.09. The van der Waals surface area contributed by atoms with Crippen molar-refractivity contribution in [2.75, 3.05) is 30.3 Å². The topological polar surface area (TPSA) is 73.5 Å².